The van der Waals surface area contributed by atoms with Crippen LogP contribution >= 0.6 is 23.2 Å². The number of nitrogens with one attached hydrogen (secondary N) is 2. The molecule has 0 unspecified atom stereocenters. The molecule has 1 aromatic heterocycles. The van der Waals surface area contributed by atoms with E-state index in [1.165, 1.54) is 5.56 Å². The summed E-state index contributed by atoms with van der Waals surface area (Å²) in [4.78, 5) is 8.66. The number of rotatable bonds is 7. The lowest BCUT2D eigenvalue weighted by Gasteiger charge is -2.10. The first-order valence-electron chi connectivity index (χ1n) is 8.06. The number of methoxy groups -OCH3 is 1. The van der Waals surface area contributed by atoms with Crippen molar-refractivity contribution in [3.63, 3.8) is 0 Å². The number of aromatic nitrogens is 2. The Morgan fingerprint density at radius 3 is 2.58 bits per heavy atom. The van der Waals surface area contributed by atoms with E-state index in [2.05, 4.69) is 32.7 Å². The summed E-state index contributed by atoms with van der Waals surface area (Å²) in [6.07, 6.45) is 2.56. The second-order valence-electron chi connectivity index (χ2n) is 5.54. The Morgan fingerprint density at radius 2 is 1.85 bits per heavy atom. The van der Waals surface area contributed by atoms with Gasteiger partial charge in [0.15, 0.2) is 0 Å². The first kappa shape index (κ1) is 18.3. The van der Waals surface area contributed by atoms with Crippen LogP contribution in [-0.2, 0) is 6.42 Å². The maximum Gasteiger partial charge on any atom is 0.229 e. The van der Waals surface area contributed by atoms with Gasteiger partial charge in [0.1, 0.15) is 11.6 Å². The third-order valence-electron chi connectivity index (χ3n) is 3.71. The van der Waals surface area contributed by atoms with Gasteiger partial charge >= 0.3 is 0 Å². The van der Waals surface area contributed by atoms with E-state index in [9.17, 15) is 0 Å². The Balaban J connectivity index is 1.58. The van der Waals surface area contributed by atoms with Gasteiger partial charge in [-0.2, -0.15) is 4.98 Å². The van der Waals surface area contributed by atoms with Gasteiger partial charge in [-0.15, -0.1) is 0 Å². The Labute approximate surface area is 162 Å². The Kier molecular flexibility index (Phi) is 6.15. The van der Waals surface area contributed by atoms with Crippen LogP contribution in [0.4, 0.5) is 17.5 Å². The topological polar surface area (TPSA) is 59.1 Å². The molecule has 0 aliphatic rings. The highest BCUT2D eigenvalue weighted by Gasteiger charge is 2.05. The monoisotopic (exact) mass is 388 g/mol. The fourth-order valence-electron chi connectivity index (χ4n) is 2.36. The van der Waals surface area contributed by atoms with E-state index in [1.54, 1.807) is 31.5 Å². The van der Waals surface area contributed by atoms with Crippen molar-refractivity contribution >= 4 is 40.7 Å². The summed E-state index contributed by atoms with van der Waals surface area (Å²) in [6, 6.07) is 15.1. The highest BCUT2D eigenvalue weighted by atomic mass is 35.5. The summed E-state index contributed by atoms with van der Waals surface area (Å²) in [6.45, 7) is 0.754. The summed E-state index contributed by atoms with van der Waals surface area (Å²) >= 11 is 12.1. The molecule has 134 valence electrons. The van der Waals surface area contributed by atoms with Gasteiger partial charge in [0.05, 0.1) is 17.8 Å². The second-order valence-corrected chi connectivity index (χ2v) is 6.38. The third-order valence-corrected chi connectivity index (χ3v) is 4.26. The van der Waals surface area contributed by atoms with E-state index in [-0.39, 0.29) is 0 Å². The fraction of sp³-hybridized carbons (Fsp3) is 0.158. The predicted octanol–water partition coefficient (Wildman–Crippen LogP) is 5.19. The first-order valence-corrected chi connectivity index (χ1v) is 8.81. The van der Waals surface area contributed by atoms with Gasteiger partial charge < -0.3 is 15.4 Å². The molecule has 7 heteroatoms. The molecular formula is C19H18Cl2N4O. The van der Waals surface area contributed by atoms with Crippen LogP contribution in [0, 0.1) is 0 Å². The standard InChI is InChI=1S/C19H18Cl2N4O/c1-26-15-5-2-13(3-6-15)8-10-22-18-9-11-23-19(25-18)24-17-7-4-14(20)12-16(17)21/h2-7,9,11-12H,8,10H2,1H3,(H2,22,23,24,25). The molecule has 0 saturated heterocycles. The van der Waals surface area contributed by atoms with E-state index in [0.717, 1.165) is 24.5 Å². The molecule has 0 saturated carbocycles. The minimum Gasteiger partial charge on any atom is -0.497 e. The molecule has 0 bridgehead atoms. The number of hydrogen-bond acceptors (Lipinski definition) is 5. The van der Waals surface area contributed by atoms with Crippen molar-refractivity contribution in [3.05, 3.63) is 70.3 Å². The van der Waals surface area contributed by atoms with Crippen LogP contribution in [0.3, 0.4) is 0 Å². The van der Waals surface area contributed by atoms with Crippen molar-refractivity contribution in [1.82, 2.24) is 9.97 Å². The van der Waals surface area contributed by atoms with Crippen LogP contribution in [0.25, 0.3) is 0 Å². The zero-order valence-corrected chi connectivity index (χ0v) is 15.7. The smallest absolute Gasteiger partial charge is 0.229 e. The number of halogens is 2. The maximum absolute atomic E-state index is 6.17. The molecule has 0 amide bonds. The average molecular weight is 389 g/mol. The summed E-state index contributed by atoms with van der Waals surface area (Å²) < 4.78 is 5.16. The predicted molar refractivity (Wildman–Crippen MR) is 107 cm³/mol. The molecule has 0 atom stereocenters. The van der Waals surface area contributed by atoms with Crippen molar-refractivity contribution in [3.8, 4) is 5.75 Å². The molecule has 0 fully saturated rings. The summed E-state index contributed by atoms with van der Waals surface area (Å²) in [7, 11) is 1.66. The van der Waals surface area contributed by atoms with Crippen molar-refractivity contribution in [2.75, 3.05) is 24.3 Å². The summed E-state index contributed by atoms with van der Waals surface area (Å²) in [5.74, 6) is 2.05. The molecule has 0 aliphatic heterocycles. The van der Waals surface area contributed by atoms with Crippen LogP contribution in [-0.4, -0.2) is 23.6 Å². The van der Waals surface area contributed by atoms with Crippen molar-refractivity contribution in [1.29, 1.82) is 0 Å². The molecule has 1 heterocycles. The Morgan fingerprint density at radius 1 is 1.04 bits per heavy atom. The highest BCUT2D eigenvalue weighted by Crippen LogP contribution is 2.27. The molecule has 2 N–H and O–H groups in total. The normalized spacial score (nSPS) is 10.4. The van der Waals surface area contributed by atoms with Gasteiger partial charge in [-0.3, -0.25) is 0 Å². The average Bonchev–Trinajstić information content (AvgIpc) is 2.65. The van der Waals surface area contributed by atoms with Crippen LogP contribution in [0.15, 0.2) is 54.7 Å². The molecule has 0 radical (unpaired) electrons. The SMILES string of the molecule is COc1ccc(CCNc2ccnc(Nc3ccc(Cl)cc3Cl)n2)cc1. The van der Waals surface area contributed by atoms with E-state index in [0.29, 0.717) is 21.7 Å². The number of anilines is 3. The van der Waals surface area contributed by atoms with Gasteiger partial charge in [-0.05, 0) is 48.4 Å². The molecule has 2 aromatic carbocycles. The number of ether oxygens (including phenoxy) is 1. The lowest BCUT2D eigenvalue weighted by Crippen LogP contribution is -2.07. The third kappa shape index (κ3) is 5.00. The number of benzene rings is 2. The van der Waals surface area contributed by atoms with Crippen LogP contribution in [0.1, 0.15) is 5.56 Å². The van der Waals surface area contributed by atoms with Gasteiger partial charge in [0.2, 0.25) is 5.95 Å². The van der Waals surface area contributed by atoms with E-state index < -0.39 is 0 Å². The van der Waals surface area contributed by atoms with Crippen LogP contribution in [0.2, 0.25) is 10.0 Å². The zero-order valence-electron chi connectivity index (χ0n) is 14.2. The van der Waals surface area contributed by atoms with Crippen LogP contribution < -0.4 is 15.4 Å². The number of hydrogen-bond donors (Lipinski definition) is 2. The van der Waals surface area contributed by atoms with Crippen molar-refractivity contribution < 1.29 is 4.74 Å². The van der Waals surface area contributed by atoms with E-state index >= 15 is 0 Å². The van der Waals surface area contributed by atoms with Gasteiger partial charge in [-0.25, -0.2) is 4.98 Å². The lowest BCUT2D eigenvalue weighted by molar-refractivity contribution is 0.414. The minimum absolute atomic E-state index is 0.462. The zero-order chi connectivity index (χ0) is 18.4. The molecule has 5 nitrogen and oxygen atoms in total. The molecule has 3 rings (SSSR count). The summed E-state index contributed by atoms with van der Waals surface area (Å²) in [5.41, 5.74) is 1.92. The Bertz CT molecular complexity index is 872. The fourth-order valence-corrected chi connectivity index (χ4v) is 2.81. The van der Waals surface area contributed by atoms with Crippen LogP contribution in [0.5, 0.6) is 5.75 Å². The van der Waals surface area contributed by atoms with Gasteiger partial charge in [-0.1, -0.05) is 35.3 Å². The van der Waals surface area contributed by atoms with E-state index in [1.807, 2.05) is 18.2 Å². The van der Waals surface area contributed by atoms with E-state index in [4.69, 9.17) is 27.9 Å². The largest absolute Gasteiger partial charge is 0.497 e. The molecule has 0 spiro atoms. The number of nitrogens with zero attached hydrogens (tertiary/aromatic N) is 2. The minimum atomic E-state index is 0.462. The van der Waals surface area contributed by atoms with Gasteiger partial charge in [0, 0.05) is 17.8 Å². The van der Waals surface area contributed by atoms with Crippen molar-refractivity contribution in [2.45, 2.75) is 6.42 Å². The Hall–Kier alpha value is -2.50. The highest BCUT2D eigenvalue weighted by molar-refractivity contribution is 6.36. The lowest BCUT2D eigenvalue weighted by atomic mass is 10.1. The van der Waals surface area contributed by atoms with Crippen molar-refractivity contribution in [2.24, 2.45) is 0 Å². The molecular weight excluding hydrogens is 371 g/mol. The maximum atomic E-state index is 6.17. The first-order chi connectivity index (χ1) is 12.6. The quantitative estimate of drug-likeness (QED) is 0.582. The molecule has 0 aliphatic carbocycles. The molecule has 3 aromatic rings. The second kappa shape index (κ2) is 8.74. The molecule has 26 heavy (non-hydrogen) atoms. The summed E-state index contributed by atoms with van der Waals surface area (Å²) in [5, 5.41) is 7.48. The van der Waals surface area contributed by atoms with Gasteiger partial charge in [0.25, 0.3) is 0 Å².